The van der Waals surface area contributed by atoms with Crippen LogP contribution in [0.1, 0.15) is 109 Å². The van der Waals surface area contributed by atoms with Crippen molar-refractivity contribution in [3.05, 3.63) is 83.7 Å². The Hall–Kier alpha value is -6.44. The molecule has 59 heavy (non-hydrogen) atoms. The van der Waals surface area contributed by atoms with Crippen molar-refractivity contribution in [1.82, 2.24) is 29.8 Å². The number of aromatic nitrogens is 4. The van der Waals surface area contributed by atoms with E-state index in [2.05, 4.69) is 45.3 Å². The van der Waals surface area contributed by atoms with Gasteiger partial charge in [0.05, 0.1) is 22.8 Å². The zero-order valence-electron chi connectivity index (χ0n) is 33.4. The van der Waals surface area contributed by atoms with Crippen LogP contribution in [0.15, 0.2) is 67.0 Å². The van der Waals surface area contributed by atoms with Crippen LogP contribution in [0.3, 0.4) is 0 Å². The number of amides is 4. The fourth-order valence-electron chi connectivity index (χ4n) is 8.59. The zero-order valence-corrected chi connectivity index (χ0v) is 33.4. The van der Waals surface area contributed by atoms with Gasteiger partial charge in [-0.1, -0.05) is 62.4 Å². The number of nitrogens with one attached hydrogen (secondary N) is 3. The third-order valence-electron chi connectivity index (χ3n) is 11.6. The van der Waals surface area contributed by atoms with Crippen molar-refractivity contribution < 1.29 is 28.8 Å². The maximum atomic E-state index is 13.3. The molecule has 14 nitrogen and oxygen atoms in total. The minimum atomic E-state index is -0.993. The lowest BCUT2D eigenvalue weighted by atomic mass is 9.96. The Balaban J connectivity index is 0.787. The highest BCUT2D eigenvalue weighted by Crippen LogP contribution is 2.38. The summed E-state index contributed by atoms with van der Waals surface area (Å²) in [6.07, 6.45) is 11.6. The molecule has 2 atom stereocenters. The highest BCUT2D eigenvalue weighted by Gasteiger charge is 2.45. The molecule has 1 unspecified atom stereocenters. The number of unbranched alkanes of at least 4 members (excludes halogenated alkanes) is 6. The Kier molecular flexibility index (Phi) is 11.2. The first-order valence-electron chi connectivity index (χ1n) is 20.6. The number of hydrogen-bond acceptors (Lipinski definition) is 10. The summed E-state index contributed by atoms with van der Waals surface area (Å²) in [5, 5.41) is 19.3. The van der Waals surface area contributed by atoms with E-state index in [-0.39, 0.29) is 41.7 Å². The van der Waals surface area contributed by atoms with Crippen LogP contribution < -0.4 is 16.0 Å². The van der Waals surface area contributed by atoms with Gasteiger partial charge in [0.15, 0.2) is 0 Å². The topological polar surface area (TPSA) is 177 Å². The van der Waals surface area contributed by atoms with Gasteiger partial charge in [-0.3, -0.25) is 43.7 Å². The lowest BCUT2D eigenvalue weighted by Gasteiger charge is -2.27. The monoisotopic (exact) mass is 796 g/mol. The van der Waals surface area contributed by atoms with Crippen LogP contribution in [0.5, 0.6) is 0 Å². The van der Waals surface area contributed by atoms with Crippen molar-refractivity contribution in [3.8, 4) is 22.4 Å². The molecule has 304 valence electrons. The number of anilines is 2. The van der Waals surface area contributed by atoms with E-state index in [1.54, 1.807) is 30.6 Å². The SMILES string of the molecule is C[C@@H]1CC(=O)Cc2cccc(-c3ccc4c(c3)c(-c3cnn(C(=O)CCCCCCCCCNc5cccc6c5C(=O)N(C5CCC(=O)NC5=O)C6=O)c3)nn4C)c2N1. The minimum Gasteiger partial charge on any atom is -0.384 e. The second-order valence-corrected chi connectivity index (χ2v) is 15.9. The van der Waals surface area contributed by atoms with E-state index in [4.69, 9.17) is 5.10 Å². The van der Waals surface area contributed by atoms with Crippen LogP contribution >= 0.6 is 0 Å². The number of carbonyl (C=O) groups is 6. The number of ketones is 1. The predicted octanol–water partition coefficient (Wildman–Crippen LogP) is 6.69. The number of hydrogen-bond donors (Lipinski definition) is 3. The average molecular weight is 797 g/mol. The molecule has 1 saturated heterocycles. The number of nitrogens with zero attached hydrogens (tertiary/aromatic N) is 5. The smallest absolute Gasteiger partial charge is 0.264 e. The number of fused-ring (bicyclic) bond motifs is 3. The number of piperidine rings is 1. The van der Waals surface area contributed by atoms with Crippen LogP contribution in [-0.4, -0.2) is 78.4 Å². The Morgan fingerprint density at radius 2 is 1.64 bits per heavy atom. The highest BCUT2D eigenvalue weighted by molar-refractivity contribution is 6.25. The first kappa shape index (κ1) is 39.4. The second-order valence-electron chi connectivity index (χ2n) is 15.9. The van der Waals surface area contributed by atoms with Gasteiger partial charge >= 0.3 is 0 Å². The molecule has 1 fully saturated rings. The van der Waals surface area contributed by atoms with Crippen LogP contribution in [0.4, 0.5) is 11.4 Å². The second kappa shape index (κ2) is 16.8. The molecule has 2 aromatic heterocycles. The molecule has 5 aromatic rings. The largest absolute Gasteiger partial charge is 0.384 e. The fourth-order valence-corrected chi connectivity index (χ4v) is 8.59. The van der Waals surface area contributed by atoms with Gasteiger partial charge in [0.1, 0.15) is 17.5 Å². The molecule has 0 saturated carbocycles. The Morgan fingerprint density at radius 1 is 0.881 bits per heavy atom. The average Bonchev–Trinajstić information content (AvgIpc) is 3.87. The molecule has 4 amide bonds. The molecule has 8 rings (SSSR count). The third kappa shape index (κ3) is 8.03. The molecule has 3 aliphatic rings. The number of imide groups is 2. The maximum Gasteiger partial charge on any atom is 0.264 e. The molecule has 3 aliphatic heterocycles. The van der Waals surface area contributed by atoms with Crippen LogP contribution in [0.2, 0.25) is 0 Å². The summed E-state index contributed by atoms with van der Waals surface area (Å²) < 4.78 is 3.26. The lowest BCUT2D eigenvalue weighted by molar-refractivity contribution is -0.136. The molecule has 3 N–H and O–H groups in total. The number of aryl methyl sites for hydroxylation is 1. The van der Waals surface area contributed by atoms with E-state index in [0.717, 1.165) is 94.4 Å². The van der Waals surface area contributed by atoms with Crippen molar-refractivity contribution in [3.63, 3.8) is 0 Å². The van der Waals surface area contributed by atoms with Crippen LogP contribution in [0.25, 0.3) is 33.3 Å². The molecule has 0 bridgehead atoms. The van der Waals surface area contributed by atoms with Gasteiger partial charge in [-0.2, -0.15) is 10.2 Å². The van der Waals surface area contributed by atoms with Crippen LogP contribution in [0, 0.1) is 0 Å². The maximum absolute atomic E-state index is 13.3. The Bertz CT molecular complexity index is 2500. The fraction of sp³-hybridized carbons (Fsp3) is 0.378. The highest BCUT2D eigenvalue weighted by atomic mass is 16.2. The van der Waals surface area contributed by atoms with Gasteiger partial charge < -0.3 is 10.6 Å². The lowest BCUT2D eigenvalue weighted by Crippen LogP contribution is -2.54. The summed E-state index contributed by atoms with van der Waals surface area (Å²) in [6.45, 7) is 2.66. The summed E-state index contributed by atoms with van der Waals surface area (Å²) in [7, 11) is 1.91. The number of Topliss-reactive ketones (excluding diaryl/α,β-unsaturated/α-hetero) is 1. The first-order chi connectivity index (χ1) is 28.6. The van der Waals surface area contributed by atoms with Crippen molar-refractivity contribution >= 4 is 57.6 Å². The van der Waals surface area contributed by atoms with Crippen molar-refractivity contribution in [1.29, 1.82) is 0 Å². The van der Waals surface area contributed by atoms with Gasteiger partial charge in [0.2, 0.25) is 17.7 Å². The van der Waals surface area contributed by atoms with E-state index < -0.39 is 29.7 Å². The predicted molar refractivity (Wildman–Crippen MR) is 223 cm³/mol. The normalized spacial score (nSPS) is 17.8. The molecule has 5 heterocycles. The number of para-hydroxylation sites is 1. The van der Waals surface area contributed by atoms with Crippen molar-refractivity contribution in [2.75, 3.05) is 17.2 Å². The number of carbonyl (C=O) groups excluding carboxylic acids is 6. The summed E-state index contributed by atoms with van der Waals surface area (Å²) in [5.41, 5.74) is 7.65. The first-order valence-corrected chi connectivity index (χ1v) is 20.6. The van der Waals surface area contributed by atoms with E-state index in [1.165, 1.54) is 4.68 Å². The number of rotatable bonds is 14. The summed E-state index contributed by atoms with van der Waals surface area (Å²) in [4.78, 5) is 77.0. The molecular weight excluding hydrogens is 749 g/mol. The van der Waals surface area contributed by atoms with E-state index in [9.17, 15) is 28.8 Å². The van der Waals surface area contributed by atoms with Crippen molar-refractivity contribution in [2.45, 2.75) is 96.1 Å². The molecule has 14 heteroatoms. The summed E-state index contributed by atoms with van der Waals surface area (Å²) in [6, 6.07) is 16.5. The Labute approximate surface area is 341 Å². The van der Waals surface area contributed by atoms with Gasteiger partial charge in [-0.25, -0.2) is 4.68 Å². The molecule has 0 spiro atoms. The molecule has 3 aromatic carbocycles. The van der Waals surface area contributed by atoms with Gasteiger partial charge in [-0.05, 0) is 61.6 Å². The van der Waals surface area contributed by atoms with Crippen LogP contribution in [-0.2, 0) is 27.9 Å². The van der Waals surface area contributed by atoms with Gasteiger partial charge in [0.25, 0.3) is 11.8 Å². The number of benzene rings is 3. The Morgan fingerprint density at radius 3 is 2.46 bits per heavy atom. The summed E-state index contributed by atoms with van der Waals surface area (Å²) in [5.74, 6) is -1.89. The third-order valence-corrected chi connectivity index (χ3v) is 11.6. The molecule has 0 radical (unpaired) electrons. The van der Waals surface area contributed by atoms with Gasteiger partial charge in [-0.15, -0.1) is 0 Å². The van der Waals surface area contributed by atoms with Gasteiger partial charge in [0, 0.05) is 79.4 Å². The molecule has 0 aliphatic carbocycles. The quantitative estimate of drug-likeness (QED) is 0.0810. The molecular formula is C45H48N8O6. The van der Waals surface area contributed by atoms with E-state index >= 15 is 0 Å². The standard InChI is InChI=1S/C45H48N8O6/c1-27-22-31(54)23-29-12-10-13-32(41(29)48-27)28-17-18-36-34(24-28)42(50-51(36)2)30-25-47-52(26-30)39(56)16-8-6-4-3-5-7-9-21-46-35-15-11-14-33-40(35)45(59)53(44(33)58)37-19-20-38(55)49-43(37)57/h10-15,17-18,24-27,37,46,48H,3-9,16,19-23H2,1-2H3,(H,49,55,57)/t27-,37?/m1/s1. The minimum absolute atomic E-state index is 0.0456. The van der Waals surface area contributed by atoms with E-state index in [0.29, 0.717) is 31.5 Å². The van der Waals surface area contributed by atoms with E-state index in [1.807, 2.05) is 30.8 Å². The summed E-state index contributed by atoms with van der Waals surface area (Å²) >= 11 is 0. The zero-order chi connectivity index (χ0) is 41.2. The van der Waals surface area contributed by atoms with Crippen molar-refractivity contribution in [2.24, 2.45) is 7.05 Å².